The number of nitrogens with zero attached hydrogens (tertiary/aromatic N) is 2. The number of nitrogens with two attached hydrogens (primary N) is 1. The predicted octanol–water partition coefficient (Wildman–Crippen LogP) is 2.01. The van der Waals surface area contributed by atoms with E-state index in [1.165, 1.54) is 0 Å². The van der Waals surface area contributed by atoms with Crippen molar-refractivity contribution in [1.82, 2.24) is 9.38 Å². The van der Waals surface area contributed by atoms with E-state index in [2.05, 4.69) is 4.98 Å². The molecule has 5 nitrogen and oxygen atoms in total. The van der Waals surface area contributed by atoms with Gasteiger partial charge < -0.3 is 14.9 Å². The van der Waals surface area contributed by atoms with Crippen molar-refractivity contribution >= 4 is 11.4 Å². The highest BCUT2D eigenvalue weighted by molar-refractivity contribution is 5.97. The van der Waals surface area contributed by atoms with Crippen molar-refractivity contribution in [3.8, 4) is 5.75 Å². The first-order chi connectivity index (χ1) is 9.75. The van der Waals surface area contributed by atoms with Crippen LogP contribution in [0.2, 0.25) is 0 Å². The fraction of sp³-hybridized carbons (Fsp3) is 0.0667. The maximum Gasteiger partial charge on any atom is 0.269 e. The van der Waals surface area contributed by atoms with E-state index in [1.54, 1.807) is 6.07 Å². The Morgan fingerprint density at radius 1 is 1.15 bits per heavy atom. The molecule has 0 radical (unpaired) electrons. The van der Waals surface area contributed by atoms with Crippen LogP contribution in [0.1, 0.15) is 16.3 Å². The van der Waals surface area contributed by atoms with Crippen molar-refractivity contribution in [2.75, 3.05) is 0 Å². The summed E-state index contributed by atoms with van der Waals surface area (Å²) in [6.45, 7) is 0.266. The maximum atomic E-state index is 11.4. The van der Waals surface area contributed by atoms with Gasteiger partial charge in [0.2, 0.25) is 0 Å². The first-order valence-corrected chi connectivity index (χ1v) is 6.19. The number of carbonyl (C=O) groups is 1. The Bertz CT molecular complexity index is 750. The Kier molecular flexibility index (Phi) is 3.09. The molecule has 0 aliphatic rings. The largest absolute Gasteiger partial charge is 0.486 e. The summed E-state index contributed by atoms with van der Waals surface area (Å²) in [5, 5.41) is 0. The van der Waals surface area contributed by atoms with E-state index in [4.69, 9.17) is 10.5 Å². The Morgan fingerprint density at radius 2 is 1.90 bits per heavy atom. The van der Waals surface area contributed by atoms with Crippen molar-refractivity contribution in [3.63, 3.8) is 0 Å². The Morgan fingerprint density at radius 3 is 2.65 bits per heavy atom. The molecule has 0 aliphatic carbocycles. The van der Waals surface area contributed by atoms with E-state index in [0.717, 1.165) is 5.75 Å². The number of pyridine rings is 1. The molecule has 0 aliphatic heterocycles. The number of imidazole rings is 1. The molecule has 0 bridgehead atoms. The zero-order valence-electron chi connectivity index (χ0n) is 10.7. The fourth-order valence-electron chi connectivity index (χ4n) is 2.05. The molecule has 1 aromatic carbocycles. The Hall–Kier alpha value is -2.82. The van der Waals surface area contributed by atoms with Crippen LogP contribution in [-0.2, 0) is 6.61 Å². The van der Waals surface area contributed by atoms with Crippen LogP contribution in [0.15, 0.2) is 54.7 Å². The third-order valence-corrected chi connectivity index (χ3v) is 2.97. The smallest absolute Gasteiger partial charge is 0.269 e. The lowest BCUT2D eigenvalue weighted by atomic mass is 10.3. The molecule has 100 valence electrons. The molecule has 2 heterocycles. The molecule has 0 unspecified atom stereocenters. The van der Waals surface area contributed by atoms with E-state index in [9.17, 15) is 4.79 Å². The maximum absolute atomic E-state index is 11.4. The van der Waals surface area contributed by atoms with Gasteiger partial charge in [-0.15, -0.1) is 0 Å². The van der Waals surface area contributed by atoms with Crippen molar-refractivity contribution in [2.24, 2.45) is 5.73 Å². The van der Waals surface area contributed by atoms with Crippen LogP contribution in [-0.4, -0.2) is 15.3 Å². The highest BCUT2D eigenvalue weighted by Crippen LogP contribution is 2.15. The number of aromatic nitrogens is 2. The lowest BCUT2D eigenvalue weighted by molar-refractivity contribution is 0.0997. The summed E-state index contributed by atoms with van der Waals surface area (Å²) in [5.41, 5.74) is 6.29. The van der Waals surface area contributed by atoms with E-state index >= 15 is 0 Å². The number of fused-ring (bicyclic) bond motifs is 1. The molecule has 0 atom stereocenters. The van der Waals surface area contributed by atoms with Crippen LogP contribution in [0.25, 0.3) is 5.52 Å². The summed E-state index contributed by atoms with van der Waals surface area (Å²) in [6.07, 6.45) is 1.83. The van der Waals surface area contributed by atoms with Gasteiger partial charge in [0.1, 0.15) is 12.4 Å². The first kappa shape index (κ1) is 12.2. The average molecular weight is 267 g/mol. The minimum Gasteiger partial charge on any atom is -0.486 e. The lowest BCUT2D eigenvalue weighted by Gasteiger charge is -2.04. The summed E-state index contributed by atoms with van der Waals surface area (Å²) >= 11 is 0. The van der Waals surface area contributed by atoms with Gasteiger partial charge in [0.05, 0.1) is 5.52 Å². The second-order valence-electron chi connectivity index (χ2n) is 4.30. The number of para-hydroxylation sites is 1. The van der Waals surface area contributed by atoms with Gasteiger partial charge in [-0.25, -0.2) is 4.98 Å². The Labute approximate surface area is 115 Å². The van der Waals surface area contributed by atoms with Gasteiger partial charge in [-0.2, -0.15) is 0 Å². The molecule has 0 saturated heterocycles. The summed E-state index contributed by atoms with van der Waals surface area (Å²) in [4.78, 5) is 15.7. The van der Waals surface area contributed by atoms with Gasteiger partial charge in [-0.1, -0.05) is 24.3 Å². The van der Waals surface area contributed by atoms with Gasteiger partial charge in [-0.3, -0.25) is 4.79 Å². The van der Waals surface area contributed by atoms with Crippen molar-refractivity contribution in [1.29, 1.82) is 0 Å². The molecule has 2 N–H and O–H groups in total. The van der Waals surface area contributed by atoms with E-state index in [-0.39, 0.29) is 12.3 Å². The number of carbonyl (C=O) groups excluding carboxylic acids is 1. The Balaban J connectivity index is 1.94. The number of amides is 1. The number of hydrogen-bond acceptors (Lipinski definition) is 3. The van der Waals surface area contributed by atoms with Gasteiger partial charge in [-0.05, 0) is 24.3 Å². The fourth-order valence-corrected chi connectivity index (χ4v) is 2.05. The molecule has 3 rings (SSSR count). The predicted molar refractivity (Wildman–Crippen MR) is 74.5 cm³/mol. The second kappa shape index (κ2) is 5.05. The van der Waals surface area contributed by atoms with Crippen LogP contribution in [0.4, 0.5) is 0 Å². The van der Waals surface area contributed by atoms with E-state index < -0.39 is 5.91 Å². The van der Waals surface area contributed by atoms with Crippen LogP contribution in [0, 0.1) is 0 Å². The quantitative estimate of drug-likeness (QED) is 0.786. The summed E-state index contributed by atoms with van der Waals surface area (Å²) in [5.74, 6) is 0.846. The van der Waals surface area contributed by atoms with Crippen LogP contribution in [0.5, 0.6) is 5.75 Å². The van der Waals surface area contributed by atoms with Gasteiger partial charge in [0.25, 0.3) is 5.91 Å². The highest BCUT2D eigenvalue weighted by atomic mass is 16.5. The highest BCUT2D eigenvalue weighted by Gasteiger charge is 2.14. The van der Waals surface area contributed by atoms with Crippen molar-refractivity contribution < 1.29 is 9.53 Å². The minimum atomic E-state index is -0.542. The number of hydrogen-bond donors (Lipinski definition) is 1. The zero-order chi connectivity index (χ0) is 13.9. The van der Waals surface area contributed by atoms with Crippen molar-refractivity contribution in [2.45, 2.75) is 6.61 Å². The van der Waals surface area contributed by atoms with Gasteiger partial charge in [0, 0.05) is 6.20 Å². The van der Waals surface area contributed by atoms with Crippen molar-refractivity contribution in [3.05, 3.63) is 66.2 Å². The summed E-state index contributed by atoms with van der Waals surface area (Å²) < 4.78 is 7.47. The molecule has 20 heavy (non-hydrogen) atoms. The molecular weight excluding hydrogens is 254 g/mol. The topological polar surface area (TPSA) is 69.6 Å². The molecule has 3 aromatic rings. The first-order valence-electron chi connectivity index (χ1n) is 6.19. The van der Waals surface area contributed by atoms with Gasteiger partial charge in [0.15, 0.2) is 11.5 Å². The van der Waals surface area contributed by atoms with Crippen LogP contribution >= 0.6 is 0 Å². The SMILES string of the molecule is NC(=O)c1nc(COc2ccccc2)n2ccccc12. The molecule has 1 amide bonds. The monoisotopic (exact) mass is 267 g/mol. The summed E-state index contributed by atoms with van der Waals surface area (Å²) in [6, 6.07) is 15.0. The molecule has 2 aromatic heterocycles. The van der Waals surface area contributed by atoms with Crippen LogP contribution in [0.3, 0.4) is 0 Å². The third-order valence-electron chi connectivity index (χ3n) is 2.97. The van der Waals surface area contributed by atoms with E-state index in [1.807, 2.05) is 53.1 Å². The number of primary amides is 1. The molecule has 0 saturated carbocycles. The number of rotatable bonds is 4. The van der Waals surface area contributed by atoms with E-state index in [0.29, 0.717) is 11.3 Å². The zero-order valence-corrected chi connectivity index (χ0v) is 10.7. The molecule has 5 heteroatoms. The lowest BCUT2D eigenvalue weighted by Crippen LogP contribution is -2.12. The minimum absolute atomic E-state index is 0.261. The van der Waals surface area contributed by atoms with Crippen LogP contribution < -0.4 is 10.5 Å². The van der Waals surface area contributed by atoms with Gasteiger partial charge >= 0.3 is 0 Å². The summed E-state index contributed by atoms with van der Waals surface area (Å²) in [7, 11) is 0. The molecule has 0 spiro atoms. The third kappa shape index (κ3) is 2.21. The number of benzene rings is 1. The standard InChI is InChI=1S/C15H13N3O2/c16-15(19)14-12-8-4-5-9-18(12)13(17-14)10-20-11-6-2-1-3-7-11/h1-9H,10H2,(H2,16,19). The second-order valence-corrected chi connectivity index (χ2v) is 4.30. The molecular formula is C15H13N3O2. The average Bonchev–Trinajstić information content (AvgIpc) is 2.85. The normalized spacial score (nSPS) is 10.6. The number of ether oxygens (including phenoxy) is 1. The molecule has 0 fully saturated rings.